The van der Waals surface area contributed by atoms with Crippen LogP contribution in [0, 0.1) is 0 Å². The molecule has 5 heteroatoms. The molecule has 0 heterocycles. The van der Waals surface area contributed by atoms with E-state index in [-0.39, 0.29) is 5.78 Å². The minimum atomic E-state index is -0.516. The first-order valence-electron chi connectivity index (χ1n) is 5.58. The van der Waals surface area contributed by atoms with Gasteiger partial charge >= 0.3 is 5.97 Å². The van der Waals surface area contributed by atoms with Gasteiger partial charge in [0.05, 0.1) is 24.1 Å². The smallest absolute Gasteiger partial charge is 0.338 e. The summed E-state index contributed by atoms with van der Waals surface area (Å²) in [7, 11) is 1.28. The number of ether oxygens (including phenoxy) is 1. The summed E-state index contributed by atoms with van der Waals surface area (Å²) >= 11 is 0. The van der Waals surface area contributed by atoms with Gasteiger partial charge in [0.1, 0.15) is 0 Å². The van der Waals surface area contributed by atoms with Gasteiger partial charge in [-0.15, -0.1) is 0 Å². The van der Waals surface area contributed by atoms with Gasteiger partial charge in [-0.05, 0) is 36.8 Å². The van der Waals surface area contributed by atoms with Crippen molar-refractivity contribution in [2.24, 2.45) is 0 Å². The van der Waals surface area contributed by atoms with Crippen LogP contribution in [-0.2, 0) is 14.3 Å². The van der Waals surface area contributed by atoms with E-state index in [2.05, 4.69) is 0 Å². The number of methoxy groups -OCH3 is 1. The Morgan fingerprint density at radius 3 is 2.42 bits per heavy atom. The fourth-order valence-electron chi connectivity index (χ4n) is 1.41. The molecule has 0 saturated heterocycles. The topological polar surface area (TPSA) is 95.4 Å². The fourth-order valence-corrected chi connectivity index (χ4v) is 1.41. The molecule has 0 spiro atoms. The van der Waals surface area contributed by atoms with Crippen molar-refractivity contribution in [2.75, 3.05) is 18.6 Å². The number of nitrogen functional groups attached to an aromatic ring is 2. The van der Waals surface area contributed by atoms with Gasteiger partial charge in [0.25, 0.3) is 0 Å². The number of benzene rings is 1. The van der Waals surface area contributed by atoms with Crippen LogP contribution < -0.4 is 11.5 Å². The number of ketones is 1. The highest BCUT2D eigenvalue weighted by Crippen LogP contribution is 2.23. The SMILES string of the molecule is COC(=O)/C(=C/C=C\C(C)=O)c1ccc(N)c(N)c1. The molecule has 0 aliphatic rings. The lowest BCUT2D eigenvalue weighted by molar-refractivity contribution is -0.133. The fraction of sp³-hybridized carbons (Fsp3) is 0.143. The second kappa shape index (κ2) is 6.39. The molecule has 0 saturated carbocycles. The lowest BCUT2D eigenvalue weighted by atomic mass is 10.0. The van der Waals surface area contributed by atoms with Crippen LogP contribution in [-0.4, -0.2) is 18.9 Å². The summed E-state index contributed by atoms with van der Waals surface area (Å²) in [4.78, 5) is 22.5. The molecule has 0 amide bonds. The predicted octanol–water partition coefficient (Wildman–Crippen LogP) is 1.55. The van der Waals surface area contributed by atoms with Gasteiger partial charge in [0, 0.05) is 0 Å². The lowest BCUT2D eigenvalue weighted by Gasteiger charge is -2.07. The third-order valence-corrected chi connectivity index (χ3v) is 2.40. The Bertz CT molecular complexity index is 560. The van der Waals surface area contributed by atoms with Gasteiger partial charge in [-0.25, -0.2) is 4.79 Å². The summed E-state index contributed by atoms with van der Waals surface area (Å²) in [5.41, 5.74) is 13.0. The van der Waals surface area contributed by atoms with Gasteiger partial charge in [-0.2, -0.15) is 0 Å². The second-order valence-electron chi connectivity index (χ2n) is 3.89. The standard InChI is InChI=1S/C14H16N2O3/c1-9(17)4-3-5-11(14(18)19-2)10-6-7-12(15)13(16)8-10/h3-8H,15-16H2,1-2H3/b4-3-,11-5+. The van der Waals surface area contributed by atoms with E-state index in [9.17, 15) is 9.59 Å². The summed E-state index contributed by atoms with van der Waals surface area (Å²) in [5.74, 6) is -0.630. The van der Waals surface area contributed by atoms with Gasteiger partial charge < -0.3 is 16.2 Å². The van der Waals surface area contributed by atoms with Crippen molar-refractivity contribution in [3.05, 3.63) is 42.0 Å². The third kappa shape index (κ3) is 3.99. The predicted molar refractivity (Wildman–Crippen MR) is 75.1 cm³/mol. The van der Waals surface area contributed by atoms with Gasteiger partial charge in [0.2, 0.25) is 0 Å². The minimum Gasteiger partial charge on any atom is -0.465 e. The highest BCUT2D eigenvalue weighted by Gasteiger charge is 2.12. The van der Waals surface area contributed by atoms with Crippen molar-refractivity contribution < 1.29 is 14.3 Å². The van der Waals surface area contributed by atoms with Crippen molar-refractivity contribution in [3.63, 3.8) is 0 Å². The molecule has 4 N–H and O–H groups in total. The summed E-state index contributed by atoms with van der Waals surface area (Å²) < 4.78 is 4.70. The first kappa shape index (κ1) is 14.5. The maximum atomic E-state index is 11.7. The van der Waals surface area contributed by atoms with Gasteiger partial charge in [0.15, 0.2) is 5.78 Å². The van der Waals surface area contributed by atoms with E-state index < -0.39 is 5.97 Å². The number of esters is 1. The zero-order valence-corrected chi connectivity index (χ0v) is 10.8. The quantitative estimate of drug-likeness (QED) is 0.370. The monoisotopic (exact) mass is 260 g/mol. The van der Waals surface area contributed by atoms with Crippen LogP contribution in [0.3, 0.4) is 0 Å². The number of hydrogen-bond donors (Lipinski definition) is 2. The van der Waals surface area contributed by atoms with Gasteiger partial charge in [-0.1, -0.05) is 12.1 Å². The van der Waals surface area contributed by atoms with E-state index in [1.165, 1.54) is 32.3 Å². The molecular formula is C14H16N2O3. The molecule has 19 heavy (non-hydrogen) atoms. The summed E-state index contributed by atoms with van der Waals surface area (Å²) in [5, 5.41) is 0. The number of nitrogens with two attached hydrogens (primary N) is 2. The maximum Gasteiger partial charge on any atom is 0.338 e. The molecule has 0 radical (unpaired) electrons. The van der Waals surface area contributed by atoms with E-state index in [4.69, 9.17) is 16.2 Å². The lowest BCUT2D eigenvalue weighted by Crippen LogP contribution is -2.05. The number of hydrogen-bond acceptors (Lipinski definition) is 5. The molecule has 0 aromatic heterocycles. The minimum absolute atomic E-state index is 0.114. The summed E-state index contributed by atoms with van der Waals surface area (Å²) in [6, 6.07) is 4.85. The van der Waals surface area contributed by atoms with Crippen molar-refractivity contribution in [1.82, 2.24) is 0 Å². The Hall–Kier alpha value is -2.56. The van der Waals surface area contributed by atoms with Crippen LogP contribution in [0.15, 0.2) is 36.4 Å². The molecule has 0 unspecified atom stereocenters. The molecule has 5 nitrogen and oxygen atoms in total. The average Bonchev–Trinajstić information content (AvgIpc) is 2.37. The van der Waals surface area contributed by atoms with Crippen molar-refractivity contribution in [2.45, 2.75) is 6.92 Å². The first-order valence-corrected chi connectivity index (χ1v) is 5.58. The van der Waals surface area contributed by atoms with E-state index in [0.717, 1.165) is 0 Å². The number of allylic oxidation sites excluding steroid dienone is 3. The normalized spacial score (nSPS) is 11.6. The molecule has 1 rings (SSSR count). The number of anilines is 2. The average molecular weight is 260 g/mol. The van der Waals surface area contributed by atoms with E-state index >= 15 is 0 Å². The molecule has 0 atom stereocenters. The highest BCUT2D eigenvalue weighted by molar-refractivity contribution is 6.17. The zero-order chi connectivity index (χ0) is 14.4. The molecule has 100 valence electrons. The van der Waals surface area contributed by atoms with Crippen LogP contribution in [0.5, 0.6) is 0 Å². The third-order valence-electron chi connectivity index (χ3n) is 2.40. The molecule has 0 bridgehead atoms. The number of carbonyl (C=O) groups is 2. The van der Waals surface area contributed by atoms with Crippen LogP contribution in [0.25, 0.3) is 5.57 Å². The number of rotatable bonds is 4. The first-order chi connectivity index (χ1) is 8.95. The van der Waals surface area contributed by atoms with Crippen LogP contribution >= 0.6 is 0 Å². The number of carbonyl (C=O) groups excluding carboxylic acids is 2. The Morgan fingerprint density at radius 2 is 1.89 bits per heavy atom. The molecule has 1 aromatic carbocycles. The Kier molecular flexibility index (Phi) is 4.88. The second-order valence-corrected chi connectivity index (χ2v) is 3.89. The van der Waals surface area contributed by atoms with Crippen molar-refractivity contribution in [3.8, 4) is 0 Å². The molecule has 0 fully saturated rings. The Balaban J connectivity index is 3.20. The van der Waals surface area contributed by atoms with E-state index in [0.29, 0.717) is 22.5 Å². The van der Waals surface area contributed by atoms with E-state index in [1.807, 2.05) is 0 Å². The van der Waals surface area contributed by atoms with Crippen LogP contribution in [0.4, 0.5) is 11.4 Å². The van der Waals surface area contributed by atoms with Crippen molar-refractivity contribution in [1.29, 1.82) is 0 Å². The van der Waals surface area contributed by atoms with Crippen LogP contribution in [0.2, 0.25) is 0 Å². The molecular weight excluding hydrogens is 244 g/mol. The van der Waals surface area contributed by atoms with Crippen LogP contribution in [0.1, 0.15) is 12.5 Å². The Labute approximate surface area is 111 Å². The highest BCUT2D eigenvalue weighted by atomic mass is 16.5. The molecule has 0 aliphatic heterocycles. The largest absolute Gasteiger partial charge is 0.465 e. The maximum absolute atomic E-state index is 11.7. The molecule has 0 aliphatic carbocycles. The van der Waals surface area contributed by atoms with Gasteiger partial charge in [-0.3, -0.25) is 4.79 Å². The van der Waals surface area contributed by atoms with Crippen molar-refractivity contribution >= 4 is 28.7 Å². The summed E-state index contributed by atoms with van der Waals surface area (Å²) in [6.45, 7) is 1.42. The Morgan fingerprint density at radius 1 is 1.21 bits per heavy atom. The molecule has 1 aromatic rings. The summed E-state index contributed by atoms with van der Waals surface area (Å²) in [6.07, 6.45) is 4.34. The van der Waals surface area contributed by atoms with E-state index in [1.54, 1.807) is 18.2 Å². The zero-order valence-electron chi connectivity index (χ0n) is 10.8.